The highest BCUT2D eigenvalue weighted by Crippen LogP contribution is 2.56. The molecule has 2 unspecified atom stereocenters. The van der Waals surface area contributed by atoms with Crippen LogP contribution >= 0.6 is 12.2 Å². The first-order valence-corrected chi connectivity index (χ1v) is 16.4. The first kappa shape index (κ1) is 33.4. The number of thiocarbonyl (C=S) groups is 1. The lowest BCUT2D eigenvalue weighted by Gasteiger charge is -2.53. The van der Waals surface area contributed by atoms with Gasteiger partial charge < -0.3 is 41.3 Å². The number of hydrogen-bond donors (Lipinski definition) is 7. The number of nitrogens with two attached hydrogens (primary N) is 1. The number of amides is 1. The Bertz CT molecular complexity index is 2050. The van der Waals surface area contributed by atoms with Crippen molar-refractivity contribution in [2.24, 2.45) is 17.6 Å². The SMILES string of the molecule is C[C@H]1c2ccc(NC(=S)OCC3c4ccccc4-c4ccccc43)c(O)c2C(O)=C2C(=O)[C@]3(O)C(O)=C(C(N)=O)C(=O)[C@@H](N(C)C)C3[C@@H](O)C21. The van der Waals surface area contributed by atoms with Crippen molar-refractivity contribution in [1.29, 1.82) is 0 Å². The lowest BCUT2D eigenvalue weighted by molar-refractivity contribution is -0.169. The number of nitrogens with one attached hydrogen (secondary N) is 1. The molecule has 0 bridgehead atoms. The molecule has 50 heavy (non-hydrogen) atoms. The van der Waals surface area contributed by atoms with E-state index < -0.39 is 81.4 Å². The number of phenolic OH excluding ortho intramolecular Hbond substituents is 1. The van der Waals surface area contributed by atoms with E-state index >= 15 is 0 Å². The third kappa shape index (κ3) is 4.54. The molecule has 6 atom stereocenters. The van der Waals surface area contributed by atoms with E-state index in [0.717, 1.165) is 22.3 Å². The highest BCUT2D eigenvalue weighted by molar-refractivity contribution is 7.80. The van der Waals surface area contributed by atoms with E-state index in [0.29, 0.717) is 5.56 Å². The Morgan fingerprint density at radius 3 is 2.16 bits per heavy atom. The summed E-state index contributed by atoms with van der Waals surface area (Å²) in [5.41, 5.74) is 5.61. The van der Waals surface area contributed by atoms with Crippen molar-refractivity contribution in [3.8, 4) is 16.9 Å². The number of rotatable bonds is 5. The van der Waals surface area contributed by atoms with Gasteiger partial charge in [-0.25, -0.2) is 0 Å². The zero-order valence-electron chi connectivity index (χ0n) is 27.2. The molecule has 0 spiro atoms. The number of carbonyl (C=O) groups excluding carboxylic acids is 3. The van der Waals surface area contributed by atoms with Crippen LogP contribution in [0.1, 0.15) is 41.0 Å². The zero-order valence-corrected chi connectivity index (χ0v) is 28.1. The van der Waals surface area contributed by atoms with E-state index in [2.05, 4.69) is 17.4 Å². The summed E-state index contributed by atoms with van der Waals surface area (Å²) < 4.78 is 5.97. The third-order valence-electron chi connectivity index (χ3n) is 10.7. The van der Waals surface area contributed by atoms with Gasteiger partial charge in [-0.05, 0) is 66.1 Å². The summed E-state index contributed by atoms with van der Waals surface area (Å²) in [5, 5.41) is 60.7. The second kappa shape index (κ2) is 11.8. The molecule has 12 nitrogen and oxygen atoms in total. The number of benzene rings is 3. The van der Waals surface area contributed by atoms with Crippen LogP contribution in [-0.2, 0) is 19.1 Å². The van der Waals surface area contributed by atoms with Gasteiger partial charge in [0.1, 0.15) is 29.4 Å². The van der Waals surface area contributed by atoms with Crippen LogP contribution < -0.4 is 11.1 Å². The number of primary amides is 1. The van der Waals surface area contributed by atoms with E-state index in [1.165, 1.54) is 25.1 Å². The van der Waals surface area contributed by atoms with Crippen LogP contribution in [0.25, 0.3) is 16.9 Å². The first-order valence-electron chi connectivity index (χ1n) is 16.0. The Morgan fingerprint density at radius 1 is 0.980 bits per heavy atom. The molecule has 4 aliphatic carbocycles. The molecule has 4 aliphatic rings. The molecular weight excluding hydrogens is 662 g/mol. The van der Waals surface area contributed by atoms with Gasteiger partial charge in [0.2, 0.25) is 5.78 Å². The van der Waals surface area contributed by atoms with Crippen LogP contribution in [0.5, 0.6) is 5.75 Å². The molecule has 3 aromatic carbocycles. The molecule has 0 aliphatic heterocycles. The molecule has 0 aromatic heterocycles. The van der Waals surface area contributed by atoms with Gasteiger partial charge in [-0.3, -0.25) is 19.3 Å². The molecule has 1 fully saturated rings. The Kier molecular flexibility index (Phi) is 7.86. The number of nitrogens with zero attached hydrogens (tertiary/aromatic N) is 1. The molecule has 7 rings (SSSR count). The fraction of sp³-hybridized carbons (Fsp3) is 0.297. The standard InChI is InChI=1S/C37H35N3O9S/c1-15-16-12-13-22(39-36(50)49-14-21-19-10-6-4-8-17(19)18-9-5-7-11-20(18)21)29(41)24(16)30(42)25-23(15)31(43)27-28(40(2)3)32(44)26(35(38)47)34(46)37(27,48)33(25)45/h4-13,15,21,23,27-28,31,41-43,46,48H,14H2,1-3H3,(H2,38,47)(H,39,50)/t15-,23?,27?,28-,31-,37-/m0/s1. The van der Waals surface area contributed by atoms with Gasteiger partial charge in [0.25, 0.3) is 11.1 Å². The summed E-state index contributed by atoms with van der Waals surface area (Å²) in [4.78, 5) is 41.2. The monoisotopic (exact) mass is 697 g/mol. The van der Waals surface area contributed by atoms with E-state index in [1.807, 2.05) is 36.4 Å². The number of hydrogen-bond acceptors (Lipinski definition) is 11. The van der Waals surface area contributed by atoms with Crippen molar-refractivity contribution in [1.82, 2.24) is 4.90 Å². The fourth-order valence-electron chi connectivity index (χ4n) is 8.46. The lowest BCUT2D eigenvalue weighted by atomic mass is 9.54. The fourth-order valence-corrected chi connectivity index (χ4v) is 8.64. The van der Waals surface area contributed by atoms with Gasteiger partial charge in [-0.15, -0.1) is 0 Å². The number of Topliss-reactive ketones (excluding diaryl/α,β-unsaturated/α-hetero) is 2. The predicted molar refractivity (Wildman–Crippen MR) is 186 cm³/mol. The number of fused-ring (bicyclic) bond motifs is 6. The number of carbonyl (C=O) groups is 3. The van der Waals surface area contributed by atoms with Gasteiger partial charge in [0.05, 0.1) is 29.3 Å². The van der Waals surface area contributed by atoms with Crippen molar-refractivity contribution in [3.63, 3.8) is 0 Å². The first-order chi connectivity index (χ1) is 23.7. The Labute approximate surface area is 292 Å². The van der Waals surface area contributed by atoms with Crippen LogP contribution in [-0.4, -0.2) is 91.5 Å². The maximum atomic E-state index is 14.2. The predicted octanol–water partition coefficient (Wildman–Crippen LogP) is 3.02. The molecule has 3 aromatic rings. The minimum absolute atomic E-state index is 0.0499. The summed E-state index contributed by atoms with van der Waals surface area (Å²) in [7, 11) is 2.91. The van der Waals surface area contributed by atoms with Crippen molar-refractivity contribution in [2.45, 2.75) is 36.5 Å². The maximum Gasteiger partial charge on any atom is 0.261 e. The van der Waals surface area contributed by atoms with Gasteiger partial charge in [0.15, 0.2) is 11.4 Å². The molecule has 0 saturated heterocycles. The molecule has 1 amide bonds. The molecule has 258 valence electrons. The number of aromatic hydroxyl groups is 1. The van der Waals surface area contributed by atoms with Crippen molar-refractivity contribution in [2.75, 3.05) is 26.0 Å². The Balaban J connectivity index is 1.22. The maximum absolute atomic E-state index is 14.2. The van der Waals surface area contributed by atoms with Crippen molar-refractivity contribution < 1.29 is 44.7 Å². The third-order valence-corrected chi connectivity index (χ3v) is 10.9. The van der Waals surface area contributed by atoms with E-state index in [9.17, 15) is 39.9 Å². The van der Waals surface area contributed by atoms with Crippen molar-refractivity contribution >= 4 is 46.3 Å². The number of phenols is 1. The van der Waals surface area contributed by atoms with Crippen LogP contribution in [0.15, 0.2) is 77.6 Å². The summed E-state index contributed by atoms with van der Waals surface area (Å²) in [6.07, 6.45) is -1.68. The molecule has 0 radical (unpaired) electrons. The topological polar surface area (TPSA) is 203 Å². The number of ketones is 2. The Morgan fingerprint density at radius 2 is 1.58 bits per heavy atom. The number of likely N-dealkylation sites (N-methyl/N-ethyl adjacent to an activating group) is 1. The number of anilines is 1. The van der Waals surface area contributed by atoms with Gasteiger partial charge in [-0.1, -0.05) is 61.5 Å². The van der Waals surface area contributed by atoms with E-state index in [-0.39, 0.29) is 29.0 Å². The highest BCUT2D eigenvalue weighted by atomic mass is 32.1. The van der Waals surface area contributed by atoms with Gasteiger partial charge in [0, 0.05) is 17.4 Å². The van der Waals surface area contributed by atoms with Crippen LogP contribution in [0.3, 0.4) is 0 Å². The average Bonchev–Trinajstić information content (AvgIpc) is 3.39. The zero-order chi connectivity index (χ0) is 36.0. The smallest absolute Gasteiger partial charge is 0.261 e. The van der Waals surface area contributed by atoms with Gasteiger partial charge in [-0.2, -0.15) is 0 Å². The number of aliphatic hydroxyl groups is 4. The summed E-state index contributed by atoms with van der Waals surface area (Å²) in [5.74, 6) is -9.74. The molecule has 8 N–H and O–H groups in total. The Hall–Kier alpha value is -5.08. The van der Waals surface area contributed by atoms with Crippen LogP contribution in [0, 0.1) is 11.8 Å². The van der Waals surface area contributed by atoms with Gasteiger partial charge >= 0.3 is 0 Å². The molecular formula is C37H35N3O9S. The minimum Gasteiger partial charge on any atom is -0.508 e. The lowest BCUT2D eigenvalue weighted by Crippen LogP contribution is -2.70. The molecule has 1 saturated carbocycles. The summed E-state index contributed by atoms with van der Waals surface area (Å²) in [6, 6.07) is 17.8. The molecule has 0 heterocycles. The van der Waals surface area contributed by atoms with E-state index in [4.69, 9.17) is 22.7 Å². The summed E-state index contributed by atoms with van der Waals surface area (Å²) >= 11 is 5.49. The number of aliphatic hydroxyl groups excluding tert-OH is 3. The largest absolute Gasteiger partial charge is 0.508 e. The highest BCUT2D eigenvalue weighted by Gasteiger charge is 2.68. The van der Waals surface area contributed by atoms with E-state index in [1.54, 1.807) is 13.0 Å². The normalized spacial score (nSPS) is 27.0. The quantitative estimate of drug-likeness (QED) is 0.117. The minimum atomic E-state index is -3.00. The number of ether oxygens (including phenoxy) is 1. The summed E-state index contributed by atoms with van der Waals surface area (Å²) in [6.45, 7) is 1.86. The second-order valence-corrected chi connectivity index (χ2v) is 13.8. The average molecular weight is 698 g/mol. The van der Waals surface area contributed by atoms with Crippen LogP contribution in [0.2, 0.25) is 0 Å². The van der Waals surface area contributed by atoms with Crippen LogP contribution in [0.4, 0.5) is 5.69 Å². The molecule has 13 heteroatoms. The van der Waals surface area contributed by atoms with Crippen molar-refractivity contribution in [3.05, 3.63) is 99.8 Å². The second-order valence-electron chi connectivity index (χ2n) is 13.4.